The first-order valence-corrected chi connectivity index (χ1v) is 4.16. The topological polar surface area (TPSA) is 35.5 Å². The summed E-state index contributed by atoms with van der Waals surface area (Å²) in [6, 6.07) is 7.41. The van der Waals surface area contributed by atoms with E-state index in [-0.39, 0.29) is 5.97 Å². The van der Waals surface area contributed by atoms with Gasteiger partial charge in [-0.25, -0.2) is 4.79 Å². The smallest absolute Gasteiger partial charge is 0.330 e. The third kappa shape index (κ3) is 2.94. The molecular formula is C11H12O3. The zero-order valence-corrected chi connectivity index (χ0v) is 8.19. The fourth-order valence-electron chi connectivity index (χ4n) is 0.977. The molecule has 1 aromatic rings. The molecule has 0 aliphatic heterocycles. The Kier molecular flexibility index (Phi) is 3.73. The van der Waals surface area contributed by atoms with Crippen LogP contribution in [0.1, 0.15) is 5.56 Å². The summed E-state index contributed by atoms with van der Waals surface area (Å²) in [6.07, 6.45) is 3.04. The van der Waals surface area contributed by atoms with Crippen molar-refractivity contribution in [3.05, 3.63) is 35.9 Å². The minimum atomic E-state index is -0.368. The molecule has 0 spiro atoms. The van der Waals surface area contributed by atoms with Gasteiger partial charge < -0.3 is 9.47 Å². The highest BCUT2D eigenvalue weighted by atomic mass is 16.5. The molecule has 0 N–H and O–H groups in total. The molecule has 0 aliphatic rings. The average molecular weight is 192 g/mol. The summed E-state index contributed by atoms with van der Waals surface area (Å²) in [5.41, 5.74) is 0.898. The van der Waals surface area contributed by atoms with Gasteiger partial charge in [0.15, 0.2) is 0 Å². The average Bonchev–Trinajstić information content (AvgIpc) is 2.26. The first kappa shape index (κ1) is 10.3. The van der Waals surface area contributed by atoms with E-state index in [4.69, 9.17) is 4.74 Å². The van der Waals surface area contributed by atoms with E-state index in [2.05, 4.69) is 4.74 Å². The number of benzene rings is 1. The van der Waals surface area contributed by atoms with E-state index >= 15 is 0 Å². The Morgan fingerprint density at radius 2 is 2.14 bits per heavy atom. The summed E-state index contributed by atoms with van der Waals surface area (Å²) in [7, 11) is 2.95. The predicted molar refractivity (Wildman–Crippen MR) is 54.0 cm³/mol. The van der Waals surface area contributed by atoms with Crippen molar-refractivity contribution in [1.29, 1.82) is 0 Å². The SMILES string of the molecule is COC(=O)/C=C/c1cccc(OC)c1. The molecule has 14 heavy (non-hydrogen) atoms. The van der Waals surface area contributed by atoms with Crippen LogP contribution in [-0.2, 0) is 9.53 Å². The molecule has 1 aromatic carbocycles. The van der Waals surface area contributed by atoms with Crippen molar-refractivity contribution in [3.8, 4) is 5.75 Å². The highest BCUT2D eigenvalue weighted by Crippen LogP contribution is 2.13. The van der Waals surface area contributed by atoms with Gasteiger partial charge in [-0.15, -0.1) is 0 Å². The molecule has 3 nitrogen and oxygen atoms in total. The quantitative estimate of drug-likeness (QED) is 0.542. The van der Waals surface area contributed by atoms with Crippen molar-refractivity contribution in [2.45, 2.75) is 0 Å². The summed E-state index contributed by atoms with van der Waals surface area (Å²) in [4.78, 5) is 10.8. The lowest BCUT2D eigenvalue weighted by molar-refractivity contribution is -0.134. The number of hydrogen-bond donors (Lipinski definition) is 0. The fourth-order valence-corrected chi connectivity index (χ4v) is 0.977. The summed E-state index contributed by atoms with van der Waals surface area (Å²) >= 11 is 0. The van der Waals surface area contributed by atoms with Crippen LogP contribution in [0.25, 0.3) is 6.08 Å². The zero-order valence-electron chi connectivity index (χ0n) is 8.19. The maximum Gasteiger partial charge on any atom is 0.330 e. The van der Waals surface area contributed by atoms with E-state index in [1.807, 2.05) is 24.3 Å². The van der Waals surface area contributed by atoms with Gasteiger partial charge in [-0.1, -0.05) is 12.1 Å². The van der Waals surface area contributed by atoms with Crippen LogP contribution in [0.5, 0.6) is 5.75 Å². The van der Waals surface area contributed by atoms with Gasteiger partial charge in [-0.3, -0.25) is 0 Å². The van der Waals surface area contributed by atoms with Crippen LogP contribution >= 0.6 is 0 Å². The van der Waals surface area contributed by atoms with Gasteiger partial charge in [-0.2, -0.15) is 0 Å². The van der Waals surface area contributed by atoms with Crippen molar-refractivity contribution in [2.24, 2.45) is 0 Å². The second-order valence-corrected chi connectivity index (χ2v) is 2.63. The standard InChI is InChI=1S/C11H12O3/c1-13-10-5-3-4-9(8-10)6-7-11(12)14-2/h3-8H,1-2H3/b7-6+. The fraction of sp³-hybridized carbons (Fsp3) is 0.182. The van der Waals surface area contributed by atoms with Gasteiger partial charge >= 0.3 is 5.97 Å². The Morgan fingerprint density at radius 1 is 1.36 bits per heavy atom. The van der Waals surface area contributed by atoms with Crippen molar-refractivity contribution in [2.75, 3.05) is 14.2 Å². The number of esters is 1. The summed E-state index contributed by atoms with van der Waals surface area (Å²) < 4.78 is 9.51. The van der Waals surface area contributed by atoms with E-state index in [0.29, 0.717) is 0 Å². The predicted octanol–water partition coefficient (Wildman–Crippen LogP) is 1.88. The first-order chi connectivity index (χ1) is 6.76. The molecule has 0 fully saturated rings. The van der Waals surface area contributed by atoms with Crippen LogP contribution in [-0.4, -0.2) is 20.2 Å². The molecule has 0 unspecified atom stereocenters. The molecule has 0 atom stereocenters. The van der Waals surface area contributed by atoms with E-state index in [9.17, 15) is 4.79 Å². The van der Waals surface area contributed by atoms with Crippen molar-refractivity contribution in [1.82, 2.24) is 0 Å². The van der Waals surface area contributed by atoms with Gasteiger partial charge in [0, 0.05) is 6.08 Å². The first-order valence-electron chi connectivity index (χ1n) is 4.16. The Bertz CT molecular complexity index is 342. The van der Waals surface area contributed by atoms with Crippen molar-refractivity contribution < 1.29 is 14.3 Å². The molecule has 0 heterocycles. The van der Waals surface area contributed by atoms with Gasteiger partial charge in [0.2, 0.25) is 0 Å². The van der Waals surface area contributed by atoms with Crippen molar-refractivity contribution >= 4 is 12.0 Å². The molecule has 0 saturated heterocycles. The lowest BCUT2D eigenvalue weighted by Gasteiger charge is -1.99. The lowest BCUT2D eigenvalue weighted by atomic mass is 10.2. The van der Waals surface area contributed by atoms with Crippen LogP contribution in [0.2, 0.25) is 0 Å². The van der Waals surface area contributed by atoms with E-state index in [1.54, 1.807) is 13.2 Å². The van der Waals surface area contributed by atoms with Gasteiger partial charge in [0.05, 0.1) is 14.2 Å². The molecule has 3 heteroatoms. The minimum Gasteiger partial charge on any atom is -0.497 e. The molecule has 0 amide bonds. The summed E-state index contributed by atoms with van der Waals surface area (Å²) in [6.45, 7) is 0. The molecule has 0 saturated carbocycles. The normalized spacial score (nSPS) is 10.1. The van der Waals surface area contributed by atoms with E-state index in [0.717, 1.165) is 11.3 Å². The number of rotatable bonds is 3. The minimum absolute atomic E-state index is 0.368. The number of carbonyl (C=O) groups is 1. The number of ether oxygens (including phenoxy) is 2. The summed E-state index contributed by atoms with van der Waals surface area (Å²) in [5, 5.41) is 0. The van der Waals surface area contributed by atoms with Gasteiger partial charge in [0.1, 0.15) is 5.75 Å². The zero-order chi connectivity index (χ0) is 10.4. The van der Waals surface area contributed by atoms with Crippen LogP contribution in [0.15, 0.2) is 30.3 Å². The second-order valence-electron chi connectivity index (χ2n) is 2.63. The van der Waals surface area contributed by atoms with Crippen LogP contribution in [0.4, 0.5) is 0 Å². The maximum atomic E-state index is 10.8. The number of hydrogen-bond acceptors (Lipinski definition) is 3. The molecule has 0 aliphatic carbocycles. The van der Waals surface area contributed by atoms with Crippen LogP contribution in [0, 0.1) is 0 Å². The molecule has 0 bridgehead atoms. The molecule has 1 rings (SSSR count). The van der Waals surface area contributed by atoms with Crippen LogP contribution in [0.3, 0.4) is 0 Å². The molecule has 0 aromatic heterocycles. The summed E-state index contributed by atoms with van der Waals surface area (Å²) in [5.74, 6) is 0.393. The Hall–Kier alpha value is -1.77. The van der Waals surface area contributed by atoms with Crippen molar-refractivity contribution in [3.63, 3.8) is 0 Å². The third-order valence-electron chi connectivity index (χ3n) is 1.71. The van der Waals surface area contributed by atoms with Gasteiger partial charge in [-0.05, 0) is 23.8 Å². The monoisotopic (exact) mass is 192 g/mol. The largest absolute Gasteiger partial charge is 0.497 e. The maximum absolute atomic E-state index is 10.8. The van der Waals surface area contributed by atoms with E-state index < -0.39 is 0 Å². The highest BCUT2D eigenvalue weighted by Gasteiger charge is 1.93. The van der Waals surface area contributed by atoms with E-state index in [1.165, 1.54) is 13.2 Å². The Balaban J connectivity index is 2.76. The molecular weight excluding hydrogens is 180 g/mol. The molecule has 0 radical (unpaired) electrons. The number of methoxy groups -OCH3 is 2. The lowest BCUT2D eigenvalue weighted by Crippen LogP contribution is -1.93. The Labute approximate surface area is 83.0 Å². The second kappa shape index (κ2) is 5.07. The molecule has 74 valence electrons. The van der Waals surface area contributed by atoms with Crippen LogP contribution < -0.4 is 4.74 Å². The Morgan fingerprint density at radius 3 is 2.79 bits per heavy atom. The highest BCUT2D eigenvalue weighted by molar-refractivity contribution is 5.86. The van der Waals surface area contributed by atoms with Gasteiger partial charge in [0.25, 0.3) is 0 Å². The third-order valence-corrected chi connectivity index (χ3v) is 1.71. The number of carbonyl (C=O) groups excluding carboxylic acids is 1.